The zero-order chi connectivity index (χ0) is 13.2. The topological polar surface area (TPSA) is 23.5 Å². The van der Waals surface area contributed by atoms with Gasteiger partial charge in [0.2, 0.25) is 0 Å². The van der Waals surface area contributed by atoms with E-state index in [1.165, 1.54) is 57.9 Å². The molecule has 3 saturated carbocycles. The standard InChI is InChI=1S/C17H31NO/c1-18(11-15-5-3-2-4-6-17(15)19)12-16-10-13-7-8-14(16)9-13/h13-17,19H,2-12H2,1H3. The number of hydrogen-bond donors (Lipinski definition) is 1. The summed E-state index contributed by atoms with van der Waals surface area (Å²) >= 11 is 0. The largest absolute Gasteiger partial charge is 0.393 e. The molecule has 2 nitrogen and oxygen atoms in total. The first-order valence-corrected chi connectivity index (χ1v) is 8.59. The fourth-order valence-electron chi connectivity index (χ4n) is 5.05. The first-order chi connectivity index (χ1) is 9.22. The molecule has 0 aliphatic heterocycles. The first-order valence-electron chi connectivity index (χ1n) is 8.59. The minimum absolute atomic E-state index is 0.0371. The average Bonchev–Trinajstić information content (AvgIpc) is 2.93. The molecule has 2 bridgehead atoms. The van der Waals surface area contributed by atoms with Crippen LogP contribution >= 0.6 is 0 Å². The molecule has 3 rings (SSSR count). The van der Waals surface area contributed by atoms with E-state index >= 15 is 0 Å². The third kappa shape index (κ3) is 3.33. The van der Waals surface area contributed by atoms with Crippen LogP contribution in [0.15, 0.2) is 0 Å². The third-order valence-corrected chi connectivity index (χ3v) is 6.10. The number of rotatable bonds is 4. The molecule has 5 atom stereocenters. The molecule has 3 aliphatic carbocycles. The third-order valence-electron chi connectivity index (χ3n) is 6.10. The minimum Gasteiger partial charge on any atom is -0.393 e. The lowest BCUT2D eigenvalue weighted by Gasteiger charge is -2.31. The Kier molecular flexibility index (Phi) is 4.48. The smallest absolute Gasteiger partial charge is 0.0580 e. The molecule has 0 radical (unpaired) electrons. The summed E-state index contributed by atoms with van der Waals surface area (Å²) in [5.74, 6) is 3.59. The van der Waals surface area contributed by atoms with Gasteiger partial charge >= 0.3 is 0 Å². The molecule has 0 aromatic carbocycles. The predicted octanol–water partition coefficient (Wildman–Crippen LogP) is 3.30. The Labute approximate surface area is 118 Å². The maximum absolute atomic E-state index is 10.2. The first kappa shape index (κ1) is 13.9. The van der Waals surface area contributed by atoms with E-state index in [9.17, 15) is 5.11 Å². The van der Waals surface area contributed by atoms with Gasteiger partial charge in [0.05, 0.1) is 6.10 Å². The van der Waals surface area contributed by atoms with E-state index in [1.807, 2.05) is 0 Å². The van der Waals surface area contributed by atoms with Gasteiger partial charge < -0.3 is 10.0 Å². The number of aliphatic hydroxyl groups excluding tert-OH is 1. The second-order valence-corrected chi connectivity index (χ2v) is 7.62. The lowest BCUT2D eigenvalue weighted by Crippen LogP contribution is -2.36. The molecule has 0 aromatic heterocycles. The summed E-state index contributed by atoms with van der Waals surface area (Å²) in [4.78, 5) is 2.53. The zero-order valence-corrected chi connectivity index (χ0v) is 12.6. The van der Waals surface area contributed by atoms with Crippen molar-refractivity contribution in [2.75, 3.05) is 20.1 Å². The van der Waals surface area contributed by atoms with Gasteiger partial charge in [-0.2, -0.15) is 0 Å². The molecular formula is C17H31NO. The van der Waals surface area contributed by atoms with E-state index in [2.05, 4.69) is 11.9 Å². The van der Waals surface area contributed by atoms with E-state index in [0.29, 0.717) is 5.92 Å². The fraction of sp³-hybridized carbons (Fsp3) is 1.00. The number of hydrogen-bond acceptors (Lipinski definition) is 2. The van der Waals surface area contributed by atoms with Crippen molar-refractivity contribution < 1.29 is 5.11 Å². The van der Waals surface area contributed by atoms with E-state index in [4.69, 9.17) is 0 Å². The van der Waals surface area contributed by atoms with Crippen molar-refractivity contribution >= 4 is 0 Å². The van der Waals surface area contributed by atoms with Gasteiger partial charge in [0.1, 0.15) is 0 Å². The van der Waals surface area contributed by atoms with Crippen LogP contribution in [0.5, 0.6) is 0 Å². The second-order valence-electron chi connectivity index (χ2n) is 7.62. The summed E-state index contributed by atoms with van der Waals surface area (Å²) < 4.78 is 0. The van der Waals surface area contributed by atoms with E-state index in [-0.39, 0.29) is 6.10 Å². The zero-order valence-electron chi connectivity index (χ0n) is 12.6. The molecular weight excluding hydrogens is 234 g/mol. The fourth-order valence-corrected chi connectivity index (χ4v) is 5.05. The van der Waals surface area contributed by atoms with Crippen LogP contribution in [0.25, 0.3) is 0 Å². The van der Waals surface area contributed by atoms with Gasteiger partial charge in [-0.25, -0.2) is 0 Å². The van der Waals surface area contributed by atoms with Gasteiger partial charge in [0.25, 0.3) is 0 Å². The van der Waals surface area contributed by atoms with Crippen molar-refractivity contribution in [1.29, 1.82) is 0 Å². The van der Waals surface area contributed by atoms with Gasteiger partial charge in [-0.3, -0.25) is 0 Å². The van der Waals surface area contributed by atoms with Crippen LogP contribution in [-0.4, -0.2) is 36.2 Å². The molecule has 0 saturated heterocycles. The van der Waals surface area contributed by atoms with Crippen LogP contribution in [0.4, 0.5) is 0 Å². The Bertz CT molecular complexity index is 293. The van der Waals surface area contributed by atoms with Crippen molar-refractivity contribution in [1.82, 2.24) is 4.90 Å². The molecule has 19 heavy (non-hydrogen) atoms. The van der Waals surface area contributed by atoms with E-state index < -0.39 is 0 Å². The quantitative estimate of drug-likeness (QED) is 0.788. The molecule has 2 heteroatoms. The van der Waals surface area contributed by atoms with Gasteiger partial charge in [-0.05, 0) is 62.8 Å². The Morgan fingerprint density at radius 1 is 0.895 bits per heavy atom. The molecule has 0 aromatic rings. The normalized spacial score (nSPS) is 42.8. The average molecular weight is 265 g/mol. The van der Waals surface area contributed by atoms with Crippen molar-refractivity contribution in [2.24, 2.45) is 23.7 Å². The molecule has 5 unspecified atom stereocenters. The lowest BCUT2D eigenvalue weighted by atomic mass is 9.88. The van der Waals surface area contributed by atoms with Crippen molar-refractivity contribution in [3.63, 3.8) is 0 Å². The lowest BCUT2D eigenvalue weighted by molar-refractivity contribution is 0.0731. The molecule has 1 N–H and O–H groups in total. The molecule has 0 amide bonds. The molecule has 0 heterocycles. The highest BCUT2D eigenvalue weighted by Crippen LogP contribution is 2.48. The van der Waals surface area contributed by atoms with Gasteiger partial charge in [-0.1, -0.05) is 25.7 Å². The monoisotopic (exact) mass is 265 g/mol. The van der Waals surface area contributed by atoms with E-state index in [1.54, 1.807) is 0 Å². The highest BCUT2D eigenvalue weighted by molar-refractivity contribution is 4.91. The molecule has 0 spiro atoms. The van der Waals surface area contributed by atoms with E-state index in [0.717, 1.165) is 30.7 Å². The summed E-state index contributed by atoms with van der Waals surface area (Å²) in [5, 5.41) is 10.2. The van der Waals surface area contributed by atoms with Crippen molar-refractivity contribution in [3.05, 3.63) is 0 Å². The minimum atomic E-state index is -0.0371. The summed E-state index contributed by atoms with van der Waals surface area (Å²) in [6.45, 7) is 2.40. The second kappa shape index (κ2) is 6.13. The number of aliphatic hydroxyl groups is 1. The SMILES string of the molecule is CN(CC1CCCCCC1O)CC1CC2CCC1C2. The Hall–Kier alpha value is -0.0800. The summed E-state index contributed by atoms with van der Waals surface area (Å²) in [5.41, 5.74) is 0. The van der Waals surface area contributed by atoms with Gasteiger partial charge in [0, 0.05) is 13.1 Å². The van der Waals surface area contributed by atoms with Crippen LogP contribution in [0, 0.1) is 23.7 Å². The molecule has 110 valence electrons. The van der Waals surface area contributed by atoms with Crippen LogP contribution in [0.3, 0.4) is 0 Å². The van der Waals surface area contributed by atoms with Crippen LogP contribution in [0.2, 0.25) is 0 Å². The van der Waals surface area contributed by atoms with Gasteiger partial charge in [-0.15, -0.1) is 0 Å². The van der Waals surface area contributed by atoms with Crippen LogP contribution < -0.4 is 0 Å². The maximum Gasteiger partial charge on any atom is 0.0580 e. The van der Waals surface area contributed by atoms with Gasteiger partial charge in [0.15, 0.2) is 0 Å². The summed E-state index contributed by atoms with van der Waals surface area (Å²) in [6.07, 6.45) is 12.1. The Balaban J connectivity index is 1.46. The number of fused-ring (bicyclic) bond motifs is 2. The Morgan fingerprint density at radius 2 is 1.68 bits per heavy atom. The van der Waals surface area contributed by atoms with Crippen LogP contribution in [-0.2, 0) is 0 Å². The molecule has 3 aliphatic rings. The molecule has 3 fully saturated rings. The summed E-state index contributed by atoms with van der Waals surface area (Å²) in [7, 11) is 2.28. The summed E-state index contributed by atoms with van der Waals surface area (Å²) in [6, 6.07) is 0. The van der Waals surface area contributed by atoms with Crippen molar-refractivity contribution in [3.8, 4) is 0 Å². The Morgan fingerprint density at radius 3 is 2.42 bits per heavy atom. The predicted molar refractivity (Wildman–Crippen MR) is 79.0 cm³/mol. The highest BCUT2D eigenvalue weighted by Gasteiger charge is 2.39. The van der Waals surface area contributed by atoms with Crippen LogP contribution in [0.1, 0.15) is 57.8 Å². The maximum atomic E-state index is 10.2. The van der Waals surface area contributed by atoms with Crippen molar-refractivity contribution in [2.45, 2.75) is 63.9 Å². The highest BCUT2D eigenvalue weighted by atomic mass is 16.3. The number of nitrogens with zero attached hydrogens (tertiary/aromatic N) is 1.